The Kier molecular flexibility index (Phi) is 5.99. The van der Waals surface area contributed by atoms with Crippen molar-refractivity contribution in [2.45, 2.75) is 63.0 Å². The predicted octanol–water partition coefficient (Wildman–Crippen LogP) is 0.483. The van der Waals surface area contributed by atoms with E-state index in [1.165, 1.54) is 12.8 Å². The summed E-state index contributed by atoms with van der Waals surface area (Å²) in [5, 5.41) is 15.6. The molecule has 0 unspecified atom stereocenters. The summed E-state index contributed by atoms with van der Waals surface area (Å²) in [5.74, 6) is -1.24. The van der Waals surface area contributed by atoms with E-state index < -0.39 is 17.4 Å². The average molecular weight is 298 g/mol. The molecule has 1 saturated carbocycles. The maximum atomic E-state index is 11.9. The van der Waals surface area contributed by atoms with E-state index in [9.17, 15) is 14.7 Å². The van der Waals surface area contributed by atoms with E-state index in [4.69, 9.17) is 4.74 Å². The number of rotatable bonds is 3. The zero-order valence-electron chi connectivity index (χ0n) is 12.5. The molecule has 1 aliphatic carbocycles. The normalized spacial score (nSPS) is 23.1. The summed E-state index contributed by atoms with van der Waals surface area (Å²) < 4.78 is 5.18. The van der Waals surface area contributed by atoms with Gasteiger partial charge in [-0.1, -0.05) is 25.7 Å². The second-order valence-corrected chi connectivity index (χ2v) is 6.18. The van der Waals surface area contributed by atoms with E-state index >= 15 is 0 Å². The topological polar surface area (TPSA) is 87.7 Å². The molecule has 0 radical (unpaired) electrons. The monoisotopic (exact) mass is 298 g/mol. The lowest BCUT2D eigenvalue weighted by Gasteiger charge is -2.32. The highest BCUT2D eigenvalue weighted by atomic mass is 16.5. The van der Waals surface area contributed by atoms with Gasteiger partial charge in [-0.2, -0.15) is 0 Å². The fourth-order valence-corrected chi connectivity index (χ4v) is 2.93. The van der Waals surface area contributed by atoms with Crippen molar-refractivity contribution in [1.29, 1.82) is 0 Å². The molecule has 0 bridgehead atoms. The molecule has 2 aliphatic rings. The van der Waals surface area contributed by atoms with Crippen LogP contribution in [0, 0.1) is 0 Å². The standard InChI is InChI=1S/C15H26N2O4/c18-13(16-11-15(20)7-9-21-10-8-15)14(19)17-12-5-3-1-2-4-6-12/h12,20H,1-11H2,(H,16,18)(H,17,19). The molecule has 2 amide bonds. The number of amides is 2. The highest BCUT2D eigenvalue weighted by molar-refractivity contribution is 6.35. The molecule has 120 valence electrons. The number of aliphatic hydroxyl groups is 1. The Balaban J connectivity index is 1.72. The fourth-order valence-electron chi connectivity index (χ4n) is 2.93. The van der Waals surface area contributed by atoms with Crippen molar-refractivity contribution >= 4 is 11.8 Å². The van der Waals surface area contributed by atoms with Gasteiger partial charge in [-0.25, -0.2) is 0 Å². The molecule has 1 aliphatic heterocycles. The van der Waals surface area contributed by atoms with Crippen LogP contribution < -0.4 is 10.6 Å². The summed E-state index contributed by atoms with van der Waals surface area (Å²) in [7, 11) is 0. The lowest BCUT2D eigenvalue weighted by molar-refractivity contribution is -0.141. The summed E-state index contributed by atoms with van der Waals surface area (Å²) in [6.45, 7) is 1.08. The minimum Gasteiger partial charge on any atom is -0.388 e. The Morgan fingerprint density at radius 3 is 2.29 bits per heavy atom. The maximum Gasteiger partial charge on any atom is 0.309 e. The van der Waals surface area contributed by atoms with Crippen LogP contribution in [0.15, 0.2) is 0 Å². The maximum absolute atomic E-state index is 11.9. The smallest absolute Gasteiger partial charge is 0.309 e. The second kappa shape index (κ2) is 7.75. The quantitative estimate of drug-likeness (QED) is 0.522. The third kappa shape index (κ3) is 5.28. The molecule has 1 heterocycles. The van der Waals surface area contributed by atoms with Gasteiger partial charge in [0.25, 0.3) is 0 Å². The van der Waals surface area contributed by atoms with E-state index in [2.05, 4.69) is 10.6 Å². The molecule has 0 aromatic rings. The molecular formula is C15H26N2O4. The predicted molar refractivity (Wildman–Crippen MR) is 77.6 cm³/mol. The van der Waals surface area contributed by atoms with Crippen molar-refractivity contribution in [3.8, 4) is 0 Å². The van der Waals surface area contributed by atoms with Gasteiger partial charge in [-0.15, -0.1) is 0 Å². The number of carbonyl (C=O) groups excluding carboxylic acids is 2. The van der Waals surface area contributed by atoms with Crippen LogP contribution in [0.1, 0.15) is 51.4 Å². The summed E-state index contributed by atoms with van der Waals surface area (Å²) >= 11 is 0. The highest BCUT2D eigenvalue weighted by Gasteiger charge is 2.31. The van der Waals surface area contributed by atoms with E-state index in [-0.39, 0.29) is 12.6 Å². The molecule has 6 heteroatoms. The number of ether oxygens (including phenoxy) is 1. The largest absolute Gasteiger partial charge is 0.388 e. The van der Waals surface area contributed by atoms with Gasteiger partial charge in [-0.05, 0) is 12.8 Å². The fraction of sp³-hybridized carbons (Fsp3) is 0.867. The molecule has 2 rings (SSSR count). The van der Waals surface area contributed by atoms with Gasteiger partial charge >= 0.3 is 11.8 Å². The average Bonchev–Trinajstić information content (AvgIpc) is 2.74. The summed E-state index contributed by atoms with van der Waals surface area (Å²) in [5.41, 5.74) is -0.948. The number of hydrogen-bond donors (Lipinski definition) is 3. The SMILES string of the molecule is O=C(NCC1(O)CCOCC1)C(=O)NC1CCCCCC1. The molecule has 21 heavy (non-hydrogen) atoms. The van der Waals surface area contributed by atoms with Crippen molar-refractivity contribution in [3.05, 3.63) is 0 Å². The molecule has 6 nitrogen and oxygen atoms in total. The van der Waals surface area contributed by atoms with Crippen LogP contribution in [0.2, 0.25) is 0 Å². The third-order valence-electron chi connectivity index (χ3n) is 4.40. The van der Waals surface area contributed by atoms with Gasteiger partial charge in [0.15, 0.2) is 0 Å². The van der Waals surface area contributed by atoms with Crippen LogP contribution in [-0.2, 0) is 14.3 Å². The van der Waals surface area contributed by atoms with Crippen molar-refractivity contribution < 1.29 is 19.4 Å². The lowest BCUT2D eigenvalue weighted by atomic mass is 9.94. The zero-order chi connectivity index (χ0) is 15.1. The Morgan fingerprint density at radius 1 is 1.05 bits per heavy atom. The van der Waals surface area contributed by atoms with E-state index in [0.29, 0.717) is 26.1 Å². The van der Waals surface area contributed by atoms with Crippen LogP contribution >= 0.6 is 0 Å². The first-order chi connectivity index (χ1) is 10.1. The summed E-state index contributed by atoms with van der Waals surface area (Å²) in [4.78, 5) is 23.7. The molecular weight excluding hydrogens is 272 g/mol. The van der Waals surface area contributed by atoms with Crippen molar-refractivity contribution in [2.24, 2.45) is 0 Å². The van der Waals surface area contributed by atoms with E-state index in [1.807, 2.05) is 0 Å². The molecule has 0 aromatic heterocycles. The molecule has 0 spiro atoms. The van der Waals surface area contributed by atoms with Gasteiger partial charge in [0.1, 0.15) is 0 Å². The molecule has 2 fully saturated rings. The number of hydrogen-bond acceptors (Lipinski definition) is 4. The molecule has 1 saturated heterocycles. The van der Waals surface area contributed by atoms with E-state index in [1.54, 1.807) is 0 Å². The first kappa shape index (κ1) is 16.2. The van der Waals surface area contributed by atoms with Crippen molar-refractivity contribution in [2.75, 3.05) is 19.8 Å². The number of nitrogens with one attached hydrogen (secondary N) is 2. The first-order valence-electron chi connectivity index (χ1n) is 7.98. The Labute approximate surface area is 125 Å². The van der Waals surface area contributed by atoms with Crippen LogP contribution in [0.25, 0.3) is 0 Å². The minimum atomic E-state index is -0.948. The van der Waals surface area contributed by atoms with Crippen LogP contribution in [-0.4, -0.2) is 48.3 Å². The summed E-state index contributed by atoms with van der Waals surface area (Å²) in [6.07, 6.45) is 7.47. The lowest BCUT2D eigenvalue weighted by Crippen LogP contribution is -2.51. The first-order valence-corrected chi connectivity index (χ1v) is 7.98. The Morgan fingerprint density at radius 2 is 1.67 bits per heavy atom. The second-order valence-electron chi connectivity index (χ2n) is 6.18. The van der Waals surface area contributed by atoms with Gasteiger partial charge in [0, 0.05) is 38.6 Å². The number of carbonyl (C=O) groups is 2. The Bertz CT molecular complexity index is 359. The molecule has 0 atom stereocenters. The van der Waals surface area contributed by atoms with Crippen LogP contribution in [0.5, 0.6) is 0 Å². The Hall–Kier alpha value is -1.14. The summed E-state index contributed by atoms with van der Waals surface area (Å²) in [6, 6.07) is 0.108. The molecule has 3 N–H and O–H groups in total. The van der Waals surface area contributed by atoms with Gasteiger partial charge in [-0.3, -0.25) is 9.59 Å². The van der Waals surface area contributed by atoms with Gasteiger partial charge < -0.3 is 20.5 Å². The van der Waals surface area contributed by atoms with Gasteiger partial charge in [0.2, 0.25) is 0 Å². The van der Waals surface area contributed by atoms with Crippen LogP contribution in [0.3, 0.4) is 0 Å². The van der Waals surface area contributed by atoms with E-state index in [0.717, 1.165) is 25.7 Å². The minimum absolute atomic E-state index is 0.104. The molecule has 0 aromatic carbocycles. The van der Waals surface area contributed by atoms with Crippen molar-refractivity contribution in [3.63, 3.8) is 0 Å². The van der Waals surface area contributed by atoms with Crippen LogP contribution in [0.4, 0.5) is 0 Å². The highest BCUT2D eigenvalue weighted by Crippen LogP contribution is 2.19. The zero-order valence-corrected chi connectivity index (χ0v) is 12.5. The van der Waals surface area contributed by atoms with Crippen molar-refractivity contribution in [1.82, 2.24) is 10.6 Å². The third-order valence-corrected chi connectivity index (χ3v) is 4.40. The van der Waals surface area contributed by atoms with Gasteiger partial charge in [0.05, 0.1) is 5.60 Å².